The molecule has 1 unspecified atom stereocenters. The third-order valence-corrected chi connectivity index (χ3v) is 3.34. The summed E-state index contributed by atoms with van der Waals surface area (Å²) in [6.45, 7) is 4.94. The van der Waals surface area contributed by atoms with E-state index in [1.807, 2.05) is 44.2 Å². The van der Waals surface area contributed by atoms with Gasteiger partial charge in [0.25, 0.3) is 5.56 Å². The highest BCUT2D eigenvalue weighted by atomic mass is 16.7. The average Bonchev–Trinajstić information content (AvgIpc) is 2.76. The molecule has 5 heteroatoms. The van der Waals surface area contributed by atoms with Gasteiger partial charge in [-0.05, 0) is 31.4 Å². The van der Waals surface area contributed by atoms with Crippen LogP contribution < -0.4 is 10.9 Å². The van der Waals surface area contributed by atoms with E-state index >= 15 is 0 Å². The maximum absolute atomic E-state index is 11.9. The lowest BCUT2D eigenvalue weighted by Gasteiger charge is -2.17. The Bertz CT molecular complexity index is 678. The van der Waals surface area contributed by atoms with Crippen molar-refractivity contribution in [3.8, 4) is 0 Å². The van der Waals surface area contributed by atoms with Gasteiger partial charge in [-0.3, -0.25) is 4.79 Å². The fourth-order valence-corrected chi connectivity index (χ4v) is 2.39. The third-order valence-electron chi connectivity index (χ3n) is 3.34. The van der Waals surface area contributed by atoms with Gasteiger partial charge in [-0.15, -0.1) is 0 Å². The molecule has 1 atom stereocenters. The summed E-state index contributed by atoms with van der Waals surface area (Å²) < 4.78 is 11.2. The molecule has 0 spiro atoms. The molecule has 2 aromatic rings. The number of hydrogen-bond acceptors (Lipinski definition) is 4. The quantitative estimate of drug-likeness (QED) is 0.899. The Morgan fingerprint density at radius 1 is 1.40 bits per heavy atom. The van der Waals surface area contributed by atoms with Crippen molar-refractivity contribution in [2.45, 2.75) is 25.7 Å². The van der Waals surface area contributed by atoms with Gasteiger partial charge in [-0.25, -0.2) is 0 Å². The van der Waals surface area contributed by atoms with E-state index in [0.29, 0.717) is 24.4 Å². The third kappa shape index (κ3) is 2.69. The minimum atomic E-state index is -0.525. The zero-order valence-electron chi connectivity index (χ0n) is 11.6. The number of benzene rings is 1. The van der Waals surface area contributed by atoms with Crippen LogP contribution in [0.1, 0.15) is 13.8 Å². The van der Waals surface area contributed by atoms with Gasteiger partial charge in [0.2, 0.25) is 0 Å². The minimum absolute atomic E-state index is 0.0139. The van der Waals surface area contributed by atoms with Gasteiger partial charge >= 0.3 is 0 Å². The highest BCUT2D eigenvalue weighted by Gasteiger charge is 2.32. The lowest BCUT2D eigenvalue weighted by atomic mass is 10.2. The van der Waals surface area contributed by atoms with E-state index in [9.17, 15) is 4.79 Å². The first-order valence-corrected chi connectivity index (χ1v) is 6.71. The largest absolute Gasteiger partial charge is 0.369 e. The number of H-pyrrole nitrogens is 1. The number of fused-ring (bicyclic) bond motifs is 1. The van der Waals surface area contributed by atoms with Crippen LogP contribution in [0.4, 0.5) is 5.82 Å². The van der Waals surface area contributed by atoms with E-state index in [1.165, 1.54) is 0 Å². The molecule has 1 saturated heterocycles. The Hall–Kier alpha value is -1.85. The van der Waals surface area contributed by atoms with Gasteiger partial charge in [0.15, 0.2) is 5.79 Å². The van der Waals surface area contributed by atoms with E-state index < -0.39 is 5.79 Å². The van der Waals surface area contributed by atoms with Crippen LogP contribution in [0.25, 0.3) is 10.8 Å². The molecule has 1 aromatic heterocycles. The van der Waals surface area contributed by atoms with Crippen LogP contribution in [0.3, 0.4) is 0 Å². The van der Waals surface area contributed by atoms with Gasteiger partial charge in [-0.2, -0.15) is 0 Å². The molecule has 1 aliphatic heterocycles. The Morgan fingerprint density at radius 2 is 2.20 bits per heavy atom. The van der Waals surface area contributed by atoms with Crippen molar-refractivity contribution < 1.29 is 9.47 Å². The molecule has 1 fully saturated rings. The molecule has 2 heterocycles. The van der Waals surface area contributed by atoms with Crippen LogP contribution in [0.2, 0.25) is 0 Å². The van der Waals surface area contributed by atoms with E-state index in [2.05, 4.69) is 10.3 Å². The van der Waals surface area contributed by atoms with Crippen LogP contribution in [0.15, 0.2) is 35.1 Å². The summed E-state index contributed by atoms with van der Waals surface area (Å²) in [6, 6.07) is 9.44. The van der Waals surface area contributed by atoms with E-state index in [1.54, 1.807) is 0 Å². The number of rotatable bonds is 3. The molecule has 106 valence electrons. The van der Waals surface area contributed by atoms with Gasteiger partial charge in [-0.1, -0.05) is 18.2 Å². The van der Waals surface area contributed by atoms with Crippen LogP contribution in [-0.2, 0) is 9.47 Å². The Labute approximate surface area is 116 Å². The van der Waals surface area contributed by atoms with Gasteiger partial charge in [0.1, 0.15) is 11.9 Å². The number of aromatic amines is 1. The van der Waals surface area contributed by atoms with Crippen LogP contribution in [0, 0.1) is 0 Å². The van der Waals surface area contributed by atoms with Crippen molar-refractivity contribution >= 4 is 16.6 Å². The predicted molar refractivity (Wildman–Crippen MR) is 78.0 cm³/mol. The Balaban J connectivity index is 1.74. The summed E-state index contributed by atoms with van der Waals surface area (Å²) in [5.41, 5.74) is -0.0884. The van der Waals surface area contributed by atoms with Crippen molar-refractivity contribution in [1.29, 1.82) is 0 Å². The fourth-order valence-electron chi connectivity index (χ4n) is 2.39. The summed E-state index contributed by atoms with van der Waals surface area (Å²) in [4.78, 5) is 14.8. The van der Waals surface area contributed by atoms with Crippen LogP contribution in [-0.4, -0.2) is 30.0 Å². The van der Waals surface area contributed by atoms with Crippen LogP contribution >= 0.6 is 0 Å². The van der Waals surface area contributed by atoms with Crippen molar-refractivity contribution in [2.75, 3.05) is 18.5 Å². The fraction of sp³-hybridized carbons (Fsp3) is 0.400. The maximum atomic E-state index is 11.9. The molecule has 1 aliphatic rings. The molecule has 2 N–H and O–H groups in total. The van der Waals surface area contributed by atoms with Gasteiger partial charge < -0.3 is 19.8 Å². The molecule has 0 saturated carbocycles. The SMILES string of the molecule is CC1(C)OCC(CNc2cc3ccccc3c(=O)[nH]2)O1. The summed E-state index contributed by atoms with van der Waals surface area (Å²) in [6.07, 6.45) is -0.0139. The van der Waals surface area contributed by atoms with Crippen molar-refractivity contribution in [1.82, 2.24) is 4.98 Å². The number of anilines is 1. The smallest absolute Gasteiger partial charge is 0.257 e. The first kappa shape index (κ1) is 13.1. The number of nitrogens with one attached hydrogen (secondary N) is 2. The second-order valence-electron chi connectivity index (χ2n) is 5.43. The van der Waals surface area contributed by atoms with Crippen LogP contribution in [0.5, 0.6) is 0 Å². The van der Waals surface area contributed by atoms with E-state index in [4.69, 9.17) is 9.47 Å². The standard InChI is InChI=1S/C15H18N2O3/c1-15(2)19-9-11(20-15)8-16-13-7-10-5-3-4-6-12(10)14(18)17-13/h3-7,11H,8-9H2,1-2H3,(H2,16,17,18). The average molecular weight is 274 g/mol. The number of pyridine rings is 1. The topological polar surface area (TPSA) is 63.3 Å². The predicted octanol–water partition coefficient (Wildman–Crippen LogP) is 2.09. The number of hydrogen-bond donors (Lipinski definition) is 2. The molecular formula is C15H18N2O3. The molecule has 1 aromatic carbocycles. The normalized spacial score (nSPS) is 21.2. The highest BCUT2D eigenvalue weighted by Crippen LogP contribution is 2.22. The monoisotopic (exact) mass is 274 g/mol. The molecular weight excluding hydrogens is 256 g/mol. The Morgan fingerprint density at radius 3 is 2.95 bits per heavy atom. The number of ether oxygens (including phenoxy) is 2. The lowest BCUT2D eigenvalue weighted by molar-refractivity contribution is -0.136. The summed E-state index contributed by atoms with van der Waals surface area (Å²) in [5.74, 6) is 0.172. The summed E-state index contributed by atoms with van der Waals surface area (Å²) >= 11 is 0. The zero-order valence-corrected chi connectivity index (χ0v) is 11.6. The minimum Gasteiger partial charge on any atom is -0.369 e. The summed E-state index contributed by atoms with van der Waals surface area (Å²) in [5, 5.41) is 4.81. The molecule has 0 aliphatic carbocycles. The molecule has 3 rings (SSSR count). The maximum Gasteiger partial charge on any atom is 0.257 e. The van der Waals surface area contributed by atoms with E-state index in [0.717, 1.165) is 5.39 Å². The molecule has 5 nitrogen and oxygen atoms in total. The molecule has 0 bridgehead atoms. The lowest BCUT2D eigenvalue weighted by Crippen LogP contribution is -2.26. The van der Waals surface area contributed by atoms with Gasteiger partial charge in [0.05, 0.1) is 6.61 Å². The molecule has 20 heavy (non-hydrogen) atoms. The van der Waals surface area contributed by atoms with Crippen molar-refractivity contribution in [3.63, 3.8) is 0 Å². The van der Waals surface area contributed by atoms with Crippen molar-refractivity contribution in [3.05, 3.63) is 40.7 Å². The Kier molecular flexibility index (Phi) is 3.23. The van der Waals surface area contributed by atoms with E-state index in [-0.39, 0.29) is 11.7 Å². The number of aromatic nitrogens is 1. The summed E-state index contributed by atoms with van der Waals surface area (Å²) in [7, 11) is 0. The molecule has 0 amide bonds. The molecule has 0 radical (unpaired) electrons. The zero-order chi connectivity index (χ0) is 14.2. The first-order valence-electron chi connectivity index (χ1n) is 6.71. The van der Waals surface area contributed by atoms with Gasteiger partial charge in [0, 0.05) is 11.9 Å². The van der Waals surface area contributed by atoms with Crippen molar-refractivity contribution in [2.24, 2.45) is 0 Å². The second kappa shape index (κ2) is 4.92. The first-order chi connectivity index (χ1) is 9.53. The second-order valence-corrected chi connectivity index (χ2v) is 5.43. The highest BCUT2D eigenvalue weighted by molar-refractivity contribution is 5.83.